The van der Waals surface area contributed by atoms with E-state index in [0.717, 1.165) is 19.4 Å². The molecule has 2 heteroatoms. The Hall–Kier alpha value is 0.774. The van der Waals surface area contributed by atoms with E-state index in [-0.39, 0.29) is 32.7 Å². The van der Waals surface area contributed by atoms with Crippen molar-refractivity contribution in [3.8, 4) is 0 Å². The van der Waals surface area contributed by atoms with Crippen molar-refractivity contribution < 1.29 is 32.7 Å². The fourth-order valence-electron chi connectivity index (χ4n) is 1.08. The number of hydrogen-bond acceptors (Lipinski definition) is 1. The zero-order chi connectivity index (χ0) is 6.53. The van der Waals surface area contributed by atoms with Gasteiger partial charge in [0.1, 0.15) is 0 Å². The summed E-state index contributed by atoms with van der Waals surface area (Å²) in [4.78, 5) is 4.19. The first-order valence-corrected chi connectivity index (χ1v) is 3.54. The quantitative estimate of drug-likeness (QED) is 0.620. The molecule has 1 aliphatic rings. The van der Waals surface area contributed by atoms with Crippen LogP contribution in [0.5, 0.6) is 0 Å². The second-order valence-electron chi connectivity index (χ2n) is 2.42. The fourth-order valence-corrected chi connectivity index (χ4v) is 1.08. The van der Waals surface area contributed by atoms with Gasteiger partial charge in [-0.05, 0) is 6.21 Å². The molecule has 0 saturated carbocycles. The molecule has 55 valence electrons. The molecule has 0 aromatic carbocycles. The summed E-state index contributed by atoms with van der Waals surface area (Å²) >= 11 is 0. The van der Waals surface area contributed by atoms with Gasteiger partial charge in [0.15, 0.2) is 0 Å². The Kier molecular flexibility index (Phi) is 6.98. The molecule has 1 radical (unpaired) electrons. The minimum absolute atomic E-state index is 0. The fraction of sp³-hybridized carbons (Fsp3) is 0.625. The molecule has 0 bridgehead atoms. The number of rotatable bonds is 2. The maximum absolute atomic E-state index is 4.19. The third-order valence-corrected chi connectivity index (χ3v) is 1.62. The molecule has 0 fully saturated rings. The van der Waals surface area contributed by atoms with Gasteiger partial charge in [-0.3, -0.25) is 0 Å². The van der Waals surface area contributed by atoms with Crippen LogP contribution in [0.15, 0.2) is 4.99 Å². The van der Waals surface area contributed by atoms with Crippen LogP contribution in [0.1, 0.15) is 19.3 Å². The molecule has 1 rings (SSSR count). The summed E-state index contributed by atoms with van der Waals surface area (Å²) in [5.41, 5.74) is 0. The first-order valence-electron chi connectivity index (χ1n) is 3.54. The third kappa shape index (κ3) is 3.82. The minimum Gasteiger partial charge on any atom is -0.343 e. The number of hydrogen-bond donors (Lipinski definition) is 0. The SMILES string of the molecule is [CH2-]CCC1[CH-]CC=NC1.[Y]. The van der Waals surface area contributed by atoms with Gasteiger partial charge in [-0.2, -0.15) is 6.42 Å². The average Bonchev–Trinajstić information content (AvgIpc) is 1.91. The van der Waals surface area contributed by atoms with E-state index in [2.05, 4.69) is 18.3 Å². The van der Waals surface area contributed by atoms with Gasteiger partial charge in [0.2, 0.25) is 0 Å². The molecule has 1 atom stereocenters. The molecular weight excluding hydrogens is 199 g/mol. The molecule has 0 amide bonds. The Labute approximate surface area is 88.6 Å². The van der Waals surface area contributed by atoms with Crippen LogP contribution in [0.4, 0.5) is 0 Å². The predicted molar refractivity (Wildman–Crippen MR) is 40.4 cm³/mol. The minimum atomic E-state index is 0. The Morgan fingerprint density at radius 2 is 2.50 bits per heavy atom. The van der Waals surface area contributed by atoms with E-state index in [4.69, 9.17) is 0 Å². The van der Waals surface area contributed by atoms with Gasteiger partial charge in [0, 0.05) is 39.3 Å². The van der Waals surface area contributed by atoms with E-state index in [1.54, 1.807) is 0 Å². The number of nitrogens with zero attached hydrogens (tertiary/aromatic N) is 1. The van der Waals surface area contributed by atoms with Crippen LogP contribution in [-0.2, 0) is 32.7 Å². The molecule has 10 heavy (non-hydrogen) atoms. The van der Waals surface area contributed by atoms with Crippen molar-refractivity contribution in [3.63, 3.8) is 0 Å². The van der Waals surface area contributed by atoms with Crippen molar-refractivity contribution >= 4 is 6.21 Å². The van der Waals surface area contributed by atoms with Crippen LogP contribution < -0.4 is 0 Å². The molecule has 1 aliphatic heterocycles. The Bertz CT molecular complexity index is 101. The first-order chi connectivity index (χ1) is 4.43. The summed E-state index contributed by atoms with van der Waals surface area (Å²) in [7, 11) is 0. The van der Waals surface area contributed by atoms with Crippen molar-refractivity contribution in [1.82, 2.24) is 0 Å². The summed E-state index contributed by atoms with van der Waals surface area (Å²) in [5, 5.41) is 0. The van der Waals surface area contributed by atoms with E-state index in [1.807, 2.05) is 6.21 Å². The van der Waals surface area contributed by atoms with Crippen molar-refractivity contribution in [2.24, 2.45) is 10.9 Å². The van der Waals surface area contributed by atoms with Crippen LogP contribution in [0.2, 0.25) is 0 Å². The first kappa shape index (κ1) is 10.8. The van der Waals surface area contributed by atoms with Gasteiger partial charge in [0.25, 0.3) is 0 Å². The van der Waals surface area contributed by atoms with Crippen LogP contribution in [0, 0.1) is 19.3 Å². The zero-order valence-corrected chi connectivity index (χ0v) is 9.13. The van der Waals surface area contributed by atoms with Crippen LogP contribution in [0.25, 0.3) is 0 Å². The molecule has 0 spiro atoms. The average molecular weight is 212 g/mol. The zero-order valence-electron chi connectivity index (χ0n) is 6.29. The Balaban J connectivity index is 0.000000810. The maximum atomic E-state index is 4.19. The van der Waals surface area contributed by atoms with Crippen molar-refractivity contribution in [3.05, 3.63) is 13.3 Å². The Morgan fingerprint density at radius 1 is 1.70 bits per heavy atom. The third-order valence-electron chi connectivity index (χ3n) is 1.62. The maximum Gasteiger partial charge on any atom is 0.0140 e. The topological polar surface area (TPSA) is 12.4 Å². The monoisotopic (exact) mass is 212 g/mol. The summed E-state index contributed by atoms with van der Waals surface area (Å²) in [6.07, 6.45) is 7.62. The molecule has 1 heterocycles. The summed E-state index contributed by atoms with van der Waals surface area (Å²) in [5.74, 6) is 0.715. The second-order valence-corrected chi connectivity index (χ2v) is 2.42. The van der Waals surface area contributed by atoms with Gasteiger partial charge < -0.3 is 18.3 Å². The van der Waals surface area contributed by atoms with Gasteiger partial charge in [-0.1, -0.05) is 0 Å². The van der Waals surface area contributed by atoms with Crippen LogP contribution >= 0.6 is 0 Å². The summed E-state index contributed by atoms with van der Waals surface area (Å²) in [6, 6.07) is 0. The molecule has 0 aromatic heterocycles. The molecule has 1 nitrogen and oxygen atoms in total. The van der Waals surface area contributed by atoms with Gasteiger partial charge in [0.05, 0.1) is 0 Å². The summed E-state index contributed by atoms with van der Waals surface area (Å²) in [6.45, 7) is 4.80. The normalized spacial score (nSPS) is 23.9. The van der Waals surface area contributed by atoms with Gasteiger partial charge in [-0.25, -0.2) is 0 Å². The van der Waals surface area contributed by atoms with Gasteiger partial charge in [-0.15, -0.1) is 18.8 Å². The van der Waals surface area contributed by atoms with E-state index < -0.39 is 0 Å². The second kappa shape index (κ2) is 6.48. The van der Waals surface area contributed by atoms with Gasteiger partial charge >= 0.3 is 0 Å². The van der Waals surface area contributed by atoms with E-state index >= 15 is 0 Å². The summed E-state index contributed by atoms with van der Waals surface area (Å²) < 4.78 is 0. The van der Waals surface area contributed by atoms with Crippen molar-refractivity contribution in [2.75, 3.05) is 6.54 Å². The molecule has 1 unspecified atom stereocenters. The number of aliphatic imine (C=N–C) groups is 1. The van der Waals surface area contributed by atoms with Crippen molar-refractivity contribution in [1.29, 1.82) is 0 Å². The molecule has 0 N–H and O–H groups in total. The molecule has 0 aliphatic carbocycles. The largest absolute Gasteiger partial charge is 0.343 e. The van der Waals surface area contributed by atoms with Crippen molar-refractivity contribution in [2.45, 2.75) is 19.3 Å². The van der Waals surface area contributed by atoms with E-state index in [1.165, 1.54) is 6.42 Å². The standard InChI is InChI=1S/C8H13N.Y/c1-2-4-8-5-3-6-9-7-8;/h5-6,8H,1-4,7H2;/q-2;. The Morgan fingerprint density at radius 3 is 3.00 bits per heavy atom. The molecular formula is C8H13NY-2. The molecule has 0 aromatic rings. The smallest absolute Gasteiger partial charge is 0.0140 e. The van der Waals surface area contributed by atoms with E-state index in [9.17, 15) is 0 Å². The van der Waals surface area contributed by atoms with Crippen LogP contribution in [-0.4, -0.2) is 12.8 Å². The van der Waals surface area contributed by atoms with Crippen LogP contribution in [0.3, 0.4) is 0 Å². The predicted octanol–water partition coefficient (Wildman–Crippen LogP) is 1.89. The van der Waals surface area contributed by atoms with E-state index in [0.29, 0.717) is 5.92 Å². The molecule has 0 saturated heterocycles.